The molecule has 1 amide bonds. The Morgan fingerprint density at radius 1 is 1.17 bits per heavy atom. The molecule has 1 aliphatic rings. The van der Waals surface area contributed by atoms with Gasteiger partial charge in [0, 0.05) is 0 Å². The summed E-state index contributed by atoms with van der Waals surface area (Å²) in [7, 11) is -4.34. The monoisotopic (exact) mass is 354 g/mol. The van der Waals surface area contributed by atoms with Gasteiger partial charge in [-0.15, -0.1) is 0 Å². The maximum absolute atomic E-state index is 13.7. The minimum Gasteiger partial charge on any atom is -0.479 e. The second-order valence-electron chi connectivity index (χ2n) is 5.14. The van der Waals surface area contributed by atoms with Gasteiger partial charge in [0.25, 0.3) is 15.9 Å². The van der Waals surface area contributed by atoms with Crippen LogP contribution < -0.4 is 14.8 Å². The predicted octanol–water partition coefficient (Wildman–Crippen LogP) is 2.49. The van der Waals surface area contributed by atoms with Crippen LogP contribution in [0, 0.1) is 11.6 Å². The Morgan fingerprint density at radius 2 is 1.92 bits per heavy atom. The highest BCUT2D eigenvalue weighted by Crippen LogP contribution is 2.33. The van der Waals surface area contributed by atoms with Gasteiger partial charge in [0.05, 0.1) is 11.4 Å². The molecule has 2 aromatic carbocycles. The van der Waals surface area contributed by atoms with Crippen molar-refractivity contribution in [1.29, 1.82) is 0 Å². The normalized spacial score (nSPS) is 16.8. The molecular weight excluding hydrogens is 342 g/mol. The van der Waals surface area contributed by atoms with Crippen molar-refractivity contribution in [3.63, 3.8) is 0 Å². The first-order valence-corrected chi connectivity index (χ1v) is 8.34. The first-order valence-electron chi connectivity index (χ1n) is 6.86. The van der Waals surface area contributed by atoms with Gasteiger partial charge >= 0.3 is 0 Å². The summed E-state index contributed by atoms with van der Waals surface area (Å²) >= 11 is 0. The number of anilines is 2. The molecule has 0 saturated carbocycles. The first kappa shape index (κ1) is 16.2. The van der Waals surface area contributed by atoms with Gasteiger partial charge in [0.1, 0.15) is 22.3 Å². The summed E-state index contributed by atoms with van der Waals surface area (Å²) in [5.74, 6) is -1.95. The van der Waals surface area contributed by atoms with Crippen LogP contribution in [0.15, 0.2) is 41.3 Å². The molecule has 1 atom stereocenters. The summed E-state index contributed by atoms with van der Waals surface area (Å²) in [6.45, 7) is 1.57. The van der Waals surface area contributed by atoms with E-state index in [1.165, 1.54) is 18.2 Å². The number of fused-ring (bicyclic) bond motifs is 1. The number of halogens is 2. The fourth-order valence-corrected chi connectivity index (χ4v) is 3.31. The Kier molecular flexibility index (Phi) is 3.88. The maximum atomic E-state index is 13.7. The number of nitrogens with one attached hydrogen (secondary N) is 2. The van der Waals surface area contributed by atoms with Crippen LogP contribution in [-0.2, 0) is 14.8 Å². The largest absolute Gasteiger partial charge is 0.479 e. The highest BCUT2D eigenvalue weighted by atomic mass is 32.2. The van der Waals surface area contributed by atoms with Crippen LogP contribution in [0.3, 0.4) is 0 Å². The van der Waals surface area contributed by atoms with Crippen molar-refractivity contribution < 1.29 is 26.7 Å². The van der Waals surface area contributed by atoms with E-state index in [0.717, 1.165) is 12.1 Å². The Labute approximate surface area is 136 Å². The topological polar surface area (TPSA) is 84.5 Å². The molecule has 6 nitrogen and oxygen atoms in total. The Balaban J connectivity index is 1.92. The van der Waals surface area contributed by atoms with Crippen LogP contribution in [0.25, 0.3) is 0 Å². The second-order valence-corrected chi connectivity index (χ2v) is 6.79. The number of sulfonamides is 1. The molecular formula is C15H12F2N2O4S. The van der Waals surface area contributed by atoms with Gasteiger partial charge < -0.3 is 10.1 Å². The van der Waals surface area contributed by atoms with Crippen LogP contribution in [0.1, 0.15) is 6.92 Å². The van der Waals surface area contributed by atoms with Crippen LogP contribution in [0.2, 0.25) is 0 Å². The number of carbonyl (C=O) groups excluding carboxylic acids is 1. The molecule has 0 aliphatic carbocycles. The van der Waals surface area contributed by atoms with E-state index in [2.05, 4.69) is 10.0 Å². The average molecular weight is 354 g/mol. The molecule has 0 aromatic heterocycles. The Morgan fingerprint density at radius 3 is 2.67 bits per heavy atom. The van der Waals surface area contributed by atoms with Crippen molar-refractivity contribution in [3.05, 3.63) is 48.0 Å². The third kappa shape index (κ3) is 3.02. The number of hydrogen-bond donors (Lipinski definition) is 2. The fraction of sp³-hybridized carbons (Fsp3) is 0.133. The Bertz CT molecular complexity index is 931. The maximum Gasteiger partial charge on any atom is 0.265 e. The van der Waals surface area contributed by atoms with Crippen LogP contribution in [-0.4, -0.2) is 20.4 Å². The molecule has 0 radical (unpaired) electrons. The van der Waals surface area contributed by atoms with Crippen molar-refractivity contribution in [3.8, 4) is 5.75 Å². The highest BCUT2D eigenvalue weighted by Gasteiger charge is 2.25. The van der Waals surface area contributed by atoms with Crippen molar-refractivity contribution in [2.24, 2.45) is 0 Å². The number of ether oxygens (including phenoxy) is 1. The molecule has 9 heteroatoms. The van der Waals surface area contributed by atoms with Gasteiger partial charge in [-0.05, 0) is 43.3 Å². The van der Waals surface area contributed by atoms with E-state index in [9.17, 15) is 22.0 Å². The van der Waals surface area contributed by atoms with Gasteiger partial charge in [-0.1, -0.05) is 0 Å². The van der Waals surface area contributed by atoms with E-state index in [4.69, 9.17) is 4.74 Å². The molecule has 0 bridgehead atoms. The molecule has 1 aliphatic heterocycles. The molecule has 1 heterocycles. The smallest absolute Gasteiger partial charge is 0.265 e. The van der Waals surface area contributed by atoms with Crippen molar-refractivity contribution in [2.75, 3.05) is 10.0 Å². The van der Waals surface area contributed by atoms with E-state index in [1.807, 2.05) is 0 Å². The van der Waals surface area contributed by atoms with Gasteiger partial charge in [-0.2, -0.15) is 0 Å². The molecule has 0 spiro atoms. The molecule has 0 saturated heterocycles. The lowest BCUT2D eigenvalue weighted by molar-refractivity contribution is -0.122. The van der Waals surface area contributed by atoms with Gasteiger partial charge in [-0.25, -0.2) is 17.2 Å². The summed E-state index contributed by atoms with van der Waals surface area (Å²) in [6, 6.07) is 6.31. The molecule has 2 N–H and O–H groups in total. The molecule has 3 rings (SSSR count). The number of amides is 1. The highest BCUT2D eigenvalue weighted by molar-refractivity contribution is 7.92. The third-order valence-corrected chi connectivity index (χ3v) is 4.74. The zero-order valence-corrected chi connectivity index (χ0v) is 13.2. The fourth-order valence-electron chi connectivity index (χ4n) is 2.17. The minimum absolute atomic E-state index is 0.0656. The van der Waals surface area contributed by atoms with Gasteiger partial charge in [0.15, 0.2) is 6.10 Å². The first-order chi connectivity index (χ1) is 11.3. The zero-order valence-electron chi connectivity index (χ0n) is 12.3. The average Bonchev–Trinajstić information content (AvgIpc) is 2.50. The quantitative estimate of drug-likeness (QED) is 0.887. The number of benzene rings is 2. The molecule has 1 unspecified atom stereocenters. The van der Waals surface area contributed by atoms with E-state index < -0.39 is 32.7 Å². The third-order valence-electron chi connectivity index (χ3n) is 3.35. The lowest BCUT2D eigenvalue weighted by Crippen LogP contribution is -2.34. The summed E-state index contributed by atoms with van der Waals surface area (Å²) in [4.78, 5) is 10.8. The van der Waals surface area contributed by atoms with E-state index in [-0.39, 0.29) is 17.3 Å². The van der Waals surface area contributed by atoms with Crippen molar-refractivity contribution >= 4 is 27.3 Å². The number of rotatable bonds is 3. The van der Waals surface area contributed by atoms with Crippen molar-refractivity contribution in [1.82, 2.24) is 0 Å². The minimum atomic E-state index is -4.34. The second kappa shape index (κ2) is 5.75. The number of hydrogen-bond acceptors (Lipinski definition) is 4. The number of carbonyl (C=O) groups is 1. The standard InChI is InChI=1S/C15H12F2N2O4S/c1-8-15(20)18-12-7-10(3-5-13(12)23-8)19-24(21,22)14-6-9(16)2-4-11(14)17/h2-8,19H,1H3,(H,18,20). The van der Waals surface area contributed by atoms with Crippen molar-refractivity contribution in [2.45, 2.75) is 17.9 Å². The van der Waals surface area contributed by atoms with Crippen LogP contribution >= 0.6 is 0 Å². The molecule has 2 aromatic rings. The van der Waals surface area contributed by atoms with Gasteiger partial charge in [0.2, 0.25) is 0 Å². The van der Waals surface area contributed by atoms with Crippen LogP contribution in [0.4, 0.5) is 20.2 Å². The van der Waals surface area contributed by atoms with E-state index in [0.29, 0.717) is 11.8 Å². The predicted molar refractivity (Wildman–Crippen MR) is 82.3 cm³/mol. The van der Waals surface area contributed by atoms with Gasteiger partial charge in [-0.3, -0.25) is 9.52 Å². The lowest BCUT2D eigenvalue weighted by atomic mass is 10.2. The van der Waals surface area contributed by atoms with Crippen LogP contribution in [0.5, 0.6) is 5.75 Å². The van der Waals surface area contributed by atoms with E-state index in [1.54, 1.807) is 6.92 Å². The summed E-state index contributed by atoms with van der Waals surface area (Å²) in [5.41, 5.74) is 0.342. The zero-order chi connectivity index (χ0) is 17.5. The summed E-state index contributed by atoms with van der Waals surface area (Å²) in [5, 5.41) is 2.56. The molecule has 126 valence electrons. The summed E-state index contributed by atoms with van der Waals surface area (Å²) in [6.07, 6.45) is -0.665. The molecule has 0 fully saturated rings. The SMILES string of the molecule is CC1Oc2ccc(NS(=O)(=O)c3cc(F)ccc3F)cc2NC1=O. The molecule has 24 heavy (non-hydrogen) atoms. The summed E-state index contributed by atoms with van der Waals surface area (Å²) < 4.78 is 58.8. The lowest BCUT2D eigenvalue weighted by Gasteiger charge is -2.23. The Hall–Kier alpha value is -2.68. The van der Waals surface area contributed by atoms with E-state index >= 15 is 0 Å².